The van der Waals surface area contributed by atoms with Crippen LogP contribution in [0.4, 0.5) is 5.95 Å². The van der Waals surface area contributed by atoms with Crippen LogP contribution in [0.15, 0.2) is 18.7 Å². The number of nitrogens with zero attached hydrogens (tertiary/aromatic N) is 7. The maximum Gasteiger partial charge on any atom is 0.245 e. The average Bonchev–Trinajstić information content (AvgIpc) is 3.46. The molecule has 1 aliphatic rings. The van der Waals surface area contributed by atoms with Crippen LogP contribution >= 0.6 is 11.6 Å². The van der Waals surface area contributed by atoms with Crippen molar-refractivity contribution >= 4 is 27.6 Å². The van der Waals surface area contributed by atoms with Crippen molar-refractivity contribution in [2.24, 2.45) is 0 Å². The van der Waals surface area contributed by atoms with Crippen molar-refractivity contribution < 1.29 is 27.4 Å². The molecule has 16 heteroatoms. The molecule has 1 N–H and O–H groups in total. The lowest BCUT2D eigenvalue weighted by Gasteiger charge is -2.23. The van der Waals surface area contributed by atoms with Crippen LogP contribution in [-0.4, -0.2) is 75.3 Å². The van der Waals surface area contributed by atoms with Gasteiger partial charge in [-0.05, 0) is 33.6 Å². The van der Waals surface area contributed by atoms with Crippen molar-refractivity contribution in [1.29, 1.82) is 0 Å². The van der Waals surface area contributed by atoms with E-state index >= 15 is 0 Å². The van der Waals surface area contributed by atoms with Gasteiger partial charge < -0.3 is 18.9 Å². The SMILES string of the molecule is COc1ncnc(OC)c1-n1c(NS(=O)(=O)[C@@H](C)[C@H](OC)c2ncc(Cl)cn2)nnc1[C@H]1CCC(C)(C)O1. The minimum absolute atomic E-state index is 0.119. The third-order valence-corrected chi connectivity index (χ3v) is 8.00. The van der Waals surface area contributed by atoms with E-state index in [1.165, 1.54) is 51.5 Å². The van der Waals surface area contributed by atoms with Crippen LogP contribution in [0.2, 0.25) is 5.02 Å². The molecule has 0 aliphatic carbocycles. The van der Waals surface area contributed by atoms with Gasteiger partial charge in [-0.2, -0.15) is 9.97 Å². The molecule has 38 heavy (non-hydrogen) atoms. The molecule has 0 amide bonds. The zero-order valence-corrected chi connectivity index (χ0v) is 23.3. The van der Waals surface area contributed by atoms with Crippen molar-refractivity contribution in [2.75, 3.05) is 26.1 Å². The number of nitrogens with one attached hydrogen (secondary N) is 1. The van der Waals surface area contributed by atoms with Crippen LogP contribution in [0.25, 0.3) is 5.69 Å². The van der Waals surface area contributed by atoms with Crippen molar-refractivity contribution in [3.63, 3.8) is 0 Å². The van der Waals surface area contributed by atoms with E-state index in [0.29, 0.717) is 17.3 Å². The van der Waals surface area contributed by atoms with E-state index in [0.717, 1.165) is 6.42 Å². The van der Waals surface area contributed by atoms with E-state index in [1.54, 1.807) is 0 Å². The highest BCUT2D eigenvalue weighted by Crippen LogP contribution is 2.42. The van der Waals surface area contributed by atoms with E-state index in [1.807, 2.05) is 13.8 Å². The first-order valence-corrected chi connectivity index (χ1v) is 13.5. The van der Waals surface area contributed by atoms with Gasteiger partial charge in [0, 0.05) is 19.5 Å². The number of aromatic nitrogens is 7. The van der Waals surface area contributed by atoms with Gasteiger partial charge in [0.25, 0.3) is 0 Å². The van der Waals surface area contributed by atoms with E-state index in [4.69, 9.17) is 30.5 Å². The summed E-state index contributed by atoms with van der Waals surface area (Å²) < 4.78 is 53.7. The Bertz CT molecular complexity index is 1360. The Morgan fingerprint density at radius 1 is 1.11 bits per heavy atom. The molecule has 0 aromatic carbocycles. The normalized spacial score (nSPS) is 18.7. The lowest BCUT2D eigenvalue weighted by Crippen LogP contribution is -2.33. The molecule has 0 unspecified atom stereocenters. The number of ether oxygens (including phenoxy) is 4. The fourth-order valence-electron chi connectivity index (χ4n) is 4.15. The van der Waals surface area contributed by atoms with Crippen LogP contribution < -0.4 is 14.2 Å². The van der Waals surface area contributed by atoms with Crippen molar-refractivity contribution in [1.82, 2.24) is 34.7 Å². The lowest BCUT2D eigenvalue weighted by molar-refractivity contribution is -0.0207. The molecule has 3 atom stereocenters. The van der Waals surface area contributed by atoms with E-state index < -0.39 is 33.1 Å². The fraction of sp³-hybridized carbons (Fsp3) is 0.545. The molecule has 0 bridgehead atoms. The Kier molecular flexibility index (Phi) is 8.01. The largest absolute Gasteiger partial charge is 0.479 e. The van der Waals surface area contributed by atoms with Crippen molar-refractivity contribution in [3.05, 3.63) is 35.4 Å². The van der Waals surface area contributed by atoms with Gasteiger partial charge in [-0.25, -0.2) is 18.4 Å². The first kappa shape index (κ1) is 27.9. The zero-order valence-electron chi connectivity index (χ0n) is 21.7. The summed E-state index contributed by atoms with van der Waals surface area (Å²) in [7, 11) is 0.0510. The van der Waals surface area contributed by atoms with Gasteiger partial charge in [0.1, 0.15) is 23.8 Å². The highest BCUT2D eigenvalue weighted by Gasteiger charge is 2.39. The molecule has 4 rings (SSSR count). The maximum atomic E-state index is 13.6. The van der Waals surface area contributed by atoms with Gasteiger partial charge >= 0.3 is 0 Å². The van der Waals surface area contributed by atoms with Crippen LogP contribution in [0, 0.1) is 0 Å². The number of hydrogen-bond donors (Lipinski definition) is 1. The Hall–Kier alpha value is -3.14. The summed E-state index contributed by atoms with van der Waals surface area (Å²) >= 11 is 5.88. The quantitative estimate of drug-likeness (QED) is 0.380. The molecule has 3 aromatic rings. The second-order valence-electron chi connectivity index (χ2n) is 9.13. The number of rotatable bonds is 10. The highest BCUT2D eigenvalue weighted by atomic mass is 35.5. The predicted molar refractivity (Wildman–Crippen MR) is 136 cm³/mol. The first-order chi connectivity index (χ1) is 18.0. The summed E-state index contributed by atoms with van der Waals surface area (Å²) in [5, 5.41) is 7.61. The Morgan fingerprint density at radius 3 is 2.26 bits per heavy atom. The summed E-state index contributed by atoms with van der Waals surface area (Å²) in [5.41, 5.74) is -0.193. The lowest BCUT2D eigenvalue weighted by atomic mass is 10.1. The molecule has 1 saturated heterocycles. The topological polar surface area (TPSA) is 165 Å². The van der Waals surface area contributed by atoms with Gasteiger partial charge in [0.05, 0.1) is 24.8 Å². The van der Waals surface area contributed by atoms with Gasteiger partial charge in [0.15, 0.2) is 17.3 Å². The summed E-state index contributed by atoms with van der Waals surface area (Å²) in [6, 6.07) is 0. The minimum atomic E-state index is -4.16. The smallest absolute Gasteiger partial charge is 0.245 e. The third-order valence-electron chi connectivity index (χ3n) is 6.11. The van der Waals surface area contributed by atoms with Gasteiger partial charge in [-0.3, -0.25) is 9.29 Å². The van der Waals surface area contributed by atoms with Crippen LogP contribution in [0.3, 0.4) is 0 Å². The maximum absolute atomic E-state index is 13.6. The predicted octanol–water partition coefficient (Wildman–Crippen LogP) is 2.67. The summed E-state index contributed by atoms with van der Waals surface area (Å²) in [6.07, 6.45) is 3.89. The molecule has 3 aromatic heterocycles. The third kappa shape index (κ3) is 5.50. The summed E-state index contributed by atoms with van der Waals surface area (Å²) in [6.45, 7) is 5.40. The van der Waals surface area contributed by atoms with E-state index in [9.17, 15) is 8.42 Å². The summed E-state index contributed by atoms with van der Waals surface area (Å²) in [5.74, 6) is 0.578. The zero-order chi connectivity index (χ0) is 27.7. The standard InChI is InChI=1S/C22H29ClN8O6S/c1-12(16(34-4)17-24-9-13(23)10-25-17)38(32,33)30-21-29-28-18(14-7-8-22(2,3)37-14)31(21)15-19(35-5)26-11-27-20(15)36-6/h9-12,14,16H,7-8H2,1-6H3,(H,29,30)/t12-,14+,16-/m0/s1. The van der Waals surface area contributed by atoms with Crippen LogP contribution in [-0.2, 0) is 19.5 Å². The molecule has 14 nitrogen and oxygen atoms in total. The van der Waals surface area contributed by atoms with Crippen LogP contribution in [0.1, 0.15) is 57.5 Å². The number of halogens is 1. The Morgan fingerprint density at radius 2 is 1.74 bits per heavy atom. The number of methoxy groups -OCH3 is 3. The van der Waals surface area contributed by atoms with E-state index in [2.05, 4.69) is 34.9 Å². The minimum Gasteiger partial charge on any atom is -0.479 e. The van der Waals surface area contributed by atoms with Crippen molar-refractivity contribution in [2.45, 2.75) is 56.7 Å². The molecule has 1 fully saturated rings. The molecule has 0 radical (unpaired) electrons. The molecular formula is C22H29ClN8O6S. The average molecular weight is 569 g/mol. The second kappa shape index (κ2) is 10.9. The van der Waals surface area contributed by atoms with Crippen LogP contribution in [0.5, 0.6) is 11.8 Å². The molecule has 206 valence electrons. The van der Waals surface area contributed by atoms with Gasteiger partial charge in [-0.15, -0.1) is 10.2 Å². The van der Waals surface area contributed by atoms with Gasteiger partial charge in [-0.1, -0.05) is 11.6 Å². The van der Waals surface area contributed by atoms with Gasteiger partial charge in [0.2, 0.25) is 27.7 Å². The number of anilines is 1. The molecule has 0 spiro atoms. The first-order valence-electron chi connectivity index (χ1n) is 11.6. The van der Waals surface area contributed by atoms with Crippen molar-refractivity contribution in [3.8, 4) is 17.4 Å². The van der Waals surface area contributed by atoms with E-state index in [-0.39, 0.29) is 29.2 Å². The Balaban J connectivity index is 1.79. The highest BCUT2D eigenvalue weighted by molar-refractivity contribution is 7.93. The molecular weight excluding hydrogens is 540 g/mol. The number of sulfonamides is 1. The fourth-order valence-corrected chi connectivity index (χ4v) is 5.38. The Labute approximate surface area is 225 Å². The summed E-state index contributed by atoms with van der Waals surface area (Å²) in [4.78, 5) is 16.6. The molecule has 1 aliphatic heterocycles. The molecule has 4 heterocycles. The second-order valence-corrected chi connectivity index (χ2v) is 11.6. The monoisotopic (exact) mass is 568 g/mol. The molecule has 0 saturated carbocycles. The number of hydrogen-bond acceptors (Lipinski definition) is 12.